The van der Waals surface area contributed by atoms with Crippen molar-refractivity contribution >= 4 is 10.0 Å². The first-order valence-corrected chi connectivity index (χ1v) is 7.92. The summed E-state index contributed by atoms with van der Waals surface area (Å²) in [6.45, 7) is 7.95. The molecule has 0 amide bonds. The van der Waals surface area contributed by atoms with Crippen LogP contribution < -0.4 is 4.74 Å². The van der Waals surface area contributed by atoms with Crippen LogP contribution in [0.5, 0.6) is 5.75 Å². The van der Waals surface area contributed by atoms with E-state index in [1.165, 1.54) is 16.4 Å². The molecule has 0 saturated heterocycles. The Morgan fingerprint density at radius 3 is 2.60 bits per heavy atom. The molecular formula is C14H21NO4S. The summed E-state index contributed by atoms with van der Waals surface area (Å²) >= 11 is 0. The second-order valence-corrected chi connectivity index (χ2v) is 6.04. The topological polar surface area (TPSA) is 66.8 Å². The molecule has 0 aliphatic rings. The van der Waals surface area contributed by atoms with Gasteiger partial charge in [0.2, 0.25) is 10.0 Å². The maximum Gasteiger partial charge on any atom is 0.243 e. The van der Waals surface area contributed by atoms with Gasteiger partial charge in [-0.05, 0) is 25.1 Å². The van der Waals surface area contributed by atoms with E-state index in [0.29, 0.717) is 24.5 Å². The molecule has 0 aliphatic heterocycles. The molecule has 0 unspecified atom stereocenters. The molecule has 1 rings (SSSR count). The molecule has 6 heteroatoms. The van der Waals surface area contributed by atoms with Gasteiger partial charge in [0.25, 0.3) is 0 Å². The number of ether oxygens (including phenoxy) is 1. The minimum absolute atomic E-state index is 0.147. The number of sulfonamides is 1. The second-order valence-electron chi connectivity index (χ2n) is 4.11. The Balaban J connectivity index is 3.21. The summed E-state index contributed by atoms with van der Waals surface area (Å²) in [4.78, 5) is 0.147. The molecule has 1 N–H and O–H groups in total. The minimum Gasteiger partial charge on any atom is -0.494 e. The van der Waals surface area contributed by atoms with Crippen molar-refractivity contribution in [1.82, 2.24) is 4.31 Å². The van der Waals surface area contributed by atoms with Crippen molar-refractivity contribution in [2.75, 3.05) is 19.7 Å². The molecule has 112 valence electrons. The highest BCUT2D eigenvalue weighted by molar-refractivity contribution is 7.89. The first-order chi connectivity index (χ1) is 9.51. The van der Waals surface area contributed by atoms with Crippen LogP contribution in [-0.2, 0) is 16.6 Å². The van der Waals surface area contributed by atoms with E-state index >= 15 is 0 Å². The molecular weight excluding hydrogens is 278 g/mol. The van der Waals surface area contributed by atoms with Crippen LogP contribution in [-0.4, -0.2) is 37.5 Å². The fourth-order valence-corrected chi connectivity index (χ4v) is 3.30. The van der Waals surface area contributed by atoms with E-state index in [1.807, 2.05) is 6.92 Å². The standard InChI is InChI=1S/C14H21NO4S/c1-4-9-15(5-2)20(17,18)13-7-8-14(19-6-3)12(10-13)11-16/h4,7-8,10,16H,1,5-6,9,11H2,2-3H3. The van der Waals surface area contributed by atoms with Crippen molar-refractivity contribution in [2.45, 2.75) is 25.3 Å². The summed E-state index contributed by atoms with van der Waals surface area (Å²) < 4.78 is 31.6. The molecule has 0 radical (unpaired) electrons. The van der Waals surface area contributed by atoms with Gasteiger partial charge < -0.3 is 9.84 Å². The summed E-state index contributed by atoms with van der Waals surface area (Å²) in [5.74, 6) is 0.501. The number of likely N-dealkylation sites (N-methyl/N-ethyl adjacent to an activating group) is 1. The number of benzene rings is 1. The van der Waals surface area contributed by atoms with E-state index in [0.717, 1.165) is 0 Å². The quantitative estimate of drug-likeness (QED) is 0.743. The van der Waals surface area contributed by atoms with Gasteiger partial charge in [-0.25, -0.2) is 8.42 Å². The fourth-order valence-electron chi connectivity index (χ4n) is 1.83. The number of aliphatic hydroxyl groups excluding tert-OH is 1. The lowest BCUT2D eigenvalue weighted by Gasteiger charge is -2.19. The Morgan fingerprint density at radius 2 is 2.10 bits per heavy atom. The highest BCUT2D eigenvalue weighted by Crippen LogP contribution is 2.24. The average Bonchev–Trinajstić information content (AvgIpc) is 2.45. The summed E-state index contributed by atoms with van der Waals surface area (Å²) in [5.41, 5.74) is 0.461. The molecule has 0 aliphatic carbocycles. The zero-order chi connectivity index (χ0) is 15.2. The van der Waals surface area contributed by atoms with Gasteiger partial charge in [-0.2, -0.15) is 4.31 Å². The molecule has 0 saturated carbocycles. The van der Waals surface area contributed by atoms with Crippen LogP contribution in [0.2, 0.25) is 0 Å². The van der Waals surface area contributed by atoms with E-state index in [1.54, 1.807) is 19.1 Å². The lowest BCUT2D eigenvalue weighted by atomic mass is 10.2. The van der Waals surface area contributed by atoms with Gasteiger partial charge in [0.15, 0.2) is 0 Å². The number of hydrogen-bond donors (Lipinski definition) is 1. The molecule has 0 fully saturated rings. The smallest absolute Gasteiger partial charge is 0.243 e. The third kappa shape index (κ3) is 3.59. The lowest BCUT2D eigenvalue weighted by molar-refractivity contribution is 0.266. The SMILES string of the molecule is C=CCN(CC)S(=O)(=O)c1ccc(OCC)c(CO)c1. The fraction of sp³-hybridized carbons (Fsp3) is 0.429. The molecule has 20 heavy (non-hydrogen) atoms. The van der Waals surface area contributed by atoms with Crippen molar-refractivity contribution < 1.29 is 18.3 Å². The molecule has 5 nitrogen and oxygen atoms in total. The van der Waals surface area contributed by atoms with Gasteiger partial charge >= 0.3 is 0 Å². The third-order valence-corrected chi connectivity index (χ3v) is 4.76. The normalized spacial score (nSPS) is 11.6. The van der Waals surface area contributed by atoms with Crippen molar-refractivity contribution in [2.24, 2.45) is 0 Å². The molecule has 0 atom stereocenters. The van der Waals surface area contributed by atoms with Gasteiger partial charge in [-0.3, -0.25) is 0 Å². The number of nitrogens with zero attached hydrogens (tertiary/aromatic N) is 1. The predicted octanol–water partition coefficient (Wildman–Crippen LogP) is 1.77. The Labute approximate surface area is 120 Å². The Kier molecular flexibility index (Phi) is 6.19. The Bertz CT molecular complexity index is 554. The summed E-state index contributed by atoms with van der Waals surface area (Å²) in [5, 5.41) is 9.33. The summed E-state index contributed by atoms with van der Waals surface area (Å²) in [6, 6.07) is 4.51. The number of aliphatic hydroxyl groups is 1. The molecule has 0 spiro atoms. The van der Waals surface area contributed by atoms with Crippen LogP contribution in [0, 0.1) is 0 Å². The van der Waals surface area contributed by atoms with Crippen LogP contribution in [0.4, 0.5) is 0 Å². The highest BCUT2D eigenvalue weighted by atomic mass is 32.2. The second kappa shape index (κ2) is 7.42. The summed E-state index contributed by atoms with van der Waals surface area (Å²) in [6.07, 6.45) is 1.54. The zero-order valence-electron chi connectivity index (χ0n) is 11.9. The van der Waals surface area contributed by atoms with E-state index in [2.05, 4.69) is 6.58 Å². The Hall–Kier alpha value is -1.37. The van der Waals surface area contributed by atoms with Crippen molar-refractivity contribution in [3.05, 3.63) is 36.4 Å². The first-order valence-electron chi connectivity index (χ1n) is 6.48. The highest BCUT2D eigenvalue weighted by Gasteiger charge is 2.23. The third-order valence-electron chi connectivity index (χ3n) is 2.83. The van der Waals surface area contributed by atoms with Crippen LogP contribution in [0.3, 0.4) is 0 Å². The van der Waals surface area contributed by atoms with E-state index in [4.69, 9.17) is 4.74 Å². The minimum atomic E-state index is -3.58. The van der Waals surface area contributed by atoms with Gasteiger partial charge in [0, 0.05) is 18.7 Å². The van der Waals surface area contributed by atoms with Crippen LogP contribution in [0.25, 0.3) is 0 Å². The largest absolute Gasteiger partial charge is 0.494 e. The molecule has 1 aromatic rings. The maximum atomic E-state index is 12.4. The average molecular weight is 299 g/mol. The van der Waals surface area contributed by atoms with E-state index in [9.17, 15) is 13.5 Å². The molecule has 0 heterocycles. The maximum absolute atomic E-state index is 12.4. The lowest BCUT2D eigenvalue weighted by Crippen LogP contribution is -2.31. The van der Waals surface area contributed by atoms with Crippen LogP contribution in [0.1, 0.15) is 19.4 Å². The van der Waals surface area contributed by atoms with Gasteiger partial charge in [0.1, 0.15) is 5.75 Å². The predicted molar refractivity (Wildman–Crippen MR) is 78.2 cm³/mol. The van der Waals surface area contributed by atoms with E-state index < -0.39 is 10.0 Å². The van der Waals surface area contributed by atoms with Crippen LogP contribution in [0.15, 0.2) is 35.7 Å². The zero-order valence-corrected chi connectivity index (χ0v) is 12.7. The number of hydrogen-bond acceptors (Lipinski definition) is 4. The van der Waals surface area contributed by atoms with E-state index in [-0.39, 0.29) is 18.0 Å². The first kappa shape index (κ1) is 16.7. The van der Waals surface area contributed by atoms with Gasteiger partial charge in [-0.1, -0.05) is 13.0 Å². The Morgan fingerprint density at radius 1 is 1.40 bits per heavy atom. The van der Waals surface area contributed by atoms with Crippen molar-refractivity contribution in [1.29, 1.82) is 0 Å². The molecule has 1 aromatic carbocycles. The monoisotopic (exact) mass is 299 g/mol. The molecule has 0 bridgehead atoms. The number of rotatable bonds is 8. The summed E-state index contributed by atoms with van der Waals surface area (Å²) in [7, 11) is -3.58. The van der Waals surface area contributed by atoms with Crippen molar-refractivity contribution in [3.63, 3.8) is 0 Å². The van der Waals surface area contributed by atoms with Gasteiger partial charge in [0.05, 0.1) is 18.1 Å². The molecule has 0 aromatic heterocycles. The van der Waals surface area contributed by atoms with Gasteiger partial charge in [-0.15, -0.1) is 6.58 Å². The van der Waals surface area contributed by atoms with Crippen LogP contribution >= 0.6 is 0 Å². The van der Waals surface area contributed by atoms with Crippen molar-refractivity contribution in [3.8, 4) is 5.75 Å².